The Morgan fingerprint density at radius 3 is 2.76 bits per heavy atom. The fourth-order valence-corrected chi connectivity index (χ4v) is 2.81. The zero-order chi connectivity index (χ0) is 17.8. The first-order chi connectivity index (χ1) is 12.0. The van der Waals surface area contributed by atoms with E-state index in [1.54, 1.807) is 48.7 Å². The zero-order valence-corrected chi connectivity index (χ0v) is 15.2. The normalized spacial score (nSPS) is 10.5. The number of hydrogen-bond acceptors (Lipinski definition) is 2. The minimum absolute atomic E-state index is 0.253. The van der Waals surface area contributed by atoms with Gasteiger partial charge in [0.15, 0.2) is 5.82 Å². The summed E-state index contributed by atoms with van der Waals surface area (Å²) in [6.07, 6.45) is 1.67. The first-order valence-electron chi connectivity index (χ1n) is 7.31. The van der Waals surface area contributed by atoms with Crippen LogP contribution in [-0.4, -0.2) is 15.8 Å². The van der Waals surface area contributed by atoms with Gasteiger partial charge in [0.1, 0.15) is 5.82 Å². The molecule has 0 aliphatic carbocycles. The fraction of sp³-hybridized carbons (Fsp3) is 0.0588. The standard InChI is InChI=1S/C17H13BrClFN4O/c18-14-10-24(9-11-4-1-2-7-15(11)20)23-16(14)22-17(25)21-13-6-3-5-12(19)8-13/h1-8,10H,9H2,(H2,21,22,23,25). The fourth-order valence-electron chi connectivity index (χ4n) is 2.20. The highest BCUT2D eigenvalue weighted by atomic mass is 79.9. The average Bonchev–Trinajstić information content (AvgIpc) is 2.89. The molecule has 0 radical (unpaired) electrons. The maximum atomic E-state index is 13.7. The smallest absolute Gasteiger partial charge is 0.308 e. The molecule has 128 valence electrons. The van der Waals surface area contributed by atoms with Crippen molar-refractivity contribution in [1.82, 2.24) is 9.78 Å². The summed E-state index contributed by atoms with van der Waals surface area (Å²) in [7, 11) is 0. The Hall–Kier alpha value is -2.38. The molecule has 0 fully saturated rings. The number of carbonyl (C=O) groups is 1. The van der Waals surface area contributed by atoms with Gasteiger partial charge in [-0.25, -0.2) is 9.18 Å². The van der Waals surface area contributed by atoms with Crippen LogP contribution in [0.2, 0.25) is 5.02 Å². The number of benzene rings is 2. The molecular weight excluding hydrogens is 411 g/mol. The number of urea groups is 1. The molecule has 0 unspecified atom stereocenters. The van der Waals surface area contributed by atoms with Crippen LogP contribution in [0.5, 0.6) is 0 Å². The van der Waals surface area contributed by atoms with Gasteiger partial charge in [0.25, 0.3) is 0 Å². The molecule has 3 aromatic rings. The van der Waals surface area contributed by atoms with E-state index >= 15 is 0 Å². The van der Waals surface area contributed by atoms with Crippen molar-refractivity contribution in [3.8, 4) is 0 Å². The molecule has 3 rings (SSSR count). The Morgan fingerprint density at radius 1 is 1.20 bits per heavy atom. The lowest BCUT2D eigenvalue weighted by Gasteiger charge is -2.06. The van der Waals surface area contributed by atoms with Gasteiger partial charge in [-0.05, 0) is 40.2 Å². The maximum absolute atomic E-state index is 13.7. The Bertz CT molecular complexity index is 915. The molecule has 8 heteroatoms. The van der Waals surface area contributed by atoms with Gasteiger partial charge in [0.05, 0.1) is 11.0 Å². The van der Waals surface area contributed by atoms with Gasteiger partial charge >= 0.3 is 6.03 Å². The predicted octanol–water partition coefficient (Wildman–Crippen LogP) is 5.13. The van der Waals surface area contributed by atoms with E-state index in [0.29, 0.717) is 26.6 Å². The van der Waals surface area contributed by atoms with Gasteiger partial charge in [-0.3, -0.25) is 10.00 Å². The summed E-state index contributed by atoms with van der Waals surface area (Å²) in [4.78, 5) is 12.1. The van der Waals surface area contributed by atoms with Gasteiger partial charge in [0, 0.05) is 22.5 Å². The minimum atomic E-state index is -0.459. The van der Waals surface area contributed by atoms with Crippen molar-refractivity contribution in [3.63, 3.8) is 0 Å². The van der Waals surface area contributed by atoms with Gasteiger partial charge < -0.3 is 5.32 Å². The van der Waals surface area contributed by atoms with Crippen LogP contribution >= 0.6 is 27.5 Å². The molecule has 0 aliphatic heterocycles. The van der Waals surface area contributed by atoms with Crippen LogP contribution in [0.15, 0.2) is 59.2 Å². The maximum Gasteiger partial charge on any atom is 0.324 e. The number of anilines is 2. The number of amides is 2. The largest absolute Gasteiger partial charge is 0.324 e. The van der Waals surface area contributed by atoms with Crippen molar-refractivity contribution in [2.24, 2.45) is 0 Å². The number of nitrogens with zero attached hydrogens (tertiary/aromatic N) is 2. The second kappa shape index (κ2) is 7.67. The molecule has 0 atom stereocenters. The third-order valence-electron chi connectivity index (χ3n) is 3.32. The van der Waals surface area contributed by atoms with Gasteiger partial charge in [-0.1, -0.05) is 35.9 Å². The minimum Gasteiger partial charge on any atom is -0.308 e. The van der Waals surface area contributed by atoms with E-state index in [4.69, 9.17) is 11.6 Å². The second-order valence-electron chi connectivity index (χ2n) is 5.20. The summed E-state index contributed by atoms with van der Waals surface area (Å²) in [6.45, 7) is 0.253. The van der Waals surface area contributed by atoms with E-state index in [1.807, 2.05) is 0 Å². The topological polar surface area (TPSA) is 59.0 Å². The van der Waals surface area contributed by atoms with E-state index in [0.717, 1.165) is 0 Å². The number of aromatic nitrogens is 2. The molecule has 0 spiro atoms. The van der Waals surface area contributed by atoms with Gasteiger partial charge in [-0.15, -0.1) is 0 Å². The van der Waals surface area contributed by atoms with E-state index in [-0.39, 0.29) is 12.4 Å². The number of halogens is 3. The molecule has 0 saturated heterocycles. The highest BCUT2D eigenvalue weighted by Gasteiger charge is 2.12. The highest BCUT2D eigenvalue weighted by Crippen LogP contribution is 2.22. The summed E-state index contributed by atoms with van der Waals surface area (Å²) in [6, 6.07) is 12.8. The monoisotopic (exact) mass is 422 g/mol. The Morgan fingerprint density at radius 2 is 2.00 bits per heavy atom. The van der Waals surface area contributed by atoms with Crippen LogP contribution < -0.4 is 10.6 Å². The van der Waals surface area contributed by atoms with E-state index in [9.17, 15) is 9.18 Å². The van der Waals surface area contributed by atoms with Crippen LogP contribution in [0.1, 0.15) is 5.56 Å². The zero-order valence-electron chi connectivity index (χ0n) is 12.8. The number of rotatable bonds is 4. The van der Waals surface area contributed by atoms with E-state index in [2.05, 4.69) is 31.7 Å². The molecule has 0 saturated carbocycles. The molecule has 25 heavy (non-hydrogen) atoms. The lowest BCUT2D eigenvalue weighted by Crippen LogP contribution is -2.20. The Balaban J connectivity index is 1.68. The molecule has 2 N–H and O–H groups in total. The van der Waals surface area contributed by atoms with Crippen LogP contribution in [-0.2, 0) is 6.54 Å². The van der Waals surface area contributed by atoms with Crippen molar-refractivity contribution < 1.29 is 9.18 Å². The number of nitrogens with one attached hydrogen (secondary N) is 2. The van der Waals surface area contributed by atoms with Crippen molar-refractivity contribution in [1.29, 1.82) is 0 Å². The third kappa shape index (κ3) is 4.58. The summed E-state index contributed by atoms with van der Waals surface area (Å²) in [5, 5.41) is 10.1. The summed E-state index contributed by atoms with van der Waals surface area (Å²) in [5.74, 6) is 0.0261. The second-order valence-corrected chi connectivity index (χ2v) is 6.49. The number of carbonyl (C=O) groups excluding carboxylic acids is 1. The molecule has 0 bridgehead atoms. The van der Waals surface area contributed by atoms with Crippen LogP contribution in [0.25, 0.3) is 0 Å². The molecule has 2 amide bonds. The van der Waals surface area contributed by atoms with Gasteiger partial charge in [-0.2, -0.15) is 5.10 Å². The molecule has 2 aromatic carbocycles. The highest BCUT2D eigenvalue weighted by molar-refractivity contribution is 9.10. The van der Waals surface area contributed by atoms with E-state index < -0.39 is 6.03 Å². The molecule has 5 nitrogen and oxygen atoms in total. The van der Waals surface area contributed by atoms with Crippen LogP contribution in [0, 0.1) is 5.82 Å². The summed E-state index contributed by atoms with van der Waals surface area (Å²) < 4.78 is 15.9. The van der Waals surface area contributed by atoms with Crippen molar-refractivity contribution in [3.05, 3.63) is 75.6 Å². The average molecular weight is 424 g/mol. The first kappa shape index (κ1) is 17.4. The van der Waals surface area contributed by atoms with Crippen molar-refractivity contribution >= 4 is 45.1 Å². The summed E-state index contributed by atoms with van der Waals surface area (Å²) >= 11 is 9.22. The number of hydrogen-bond donors (Lipinski definition) is 2. The van der Waals surface area contributed by atoms with Crippen LogP contribution in [0.4, 0.5) is 20.7 Å². The van der Waals surface area contributed by atoms with Crippen LogP contribution in [0.3, 0.4) is 0 Å². The Kier molecular flexibility index (Phi) is 5.35. The first-order valence-corrected chi connectivity index (χ1v) is 8.48. The molecule has 1 aromatic heterocycles. The molecule has 1 heterocycles. The predicted molar refractivity (Wildman–Crippen MR) is 99.5 cm³/mol. The molecular formula is C17H13BrClFN4O. The van der Waals surface area contributed by atoms with E-state index in [1.165, 1.54) is 10.7 Å². The lowest BCUT2D eigenvalue weighted by atomic mass is 10.2. The molecule has 0 aliphatic rings. The lowest BCUT2D eigenvalue weighted by molar-refractivity contribution is 0.262. The van der Waals surface area contributed by atoms with Crippen molar-refractivity contribution in [2.75, 3.05) is 10.6 Å². The summed E-state index contributed by atoms with van der Waals surface area (Å²) in [5.41, 5.74) is 1.07. The SMILES string of the molecule is O=C(Nc1cccc(Cl)c1)Nc1nn(Cc2ccccc2F)cc1Br. The van der Waals surface area contributed by atoms with Gasteiger partial charge in [0.2, 0.25) is 0 Å². The quantitative estimate of drug-likeness (QED) is 0.611. The Labute approximate surface area is 156 Å². The third-order valence-corrected chi connectivity index (χ3v) is 4.14. The van der Waals surface area contributed by atoms with Crippen molar-refractivity contribution in [2.45, 2.75) is 6.54 Å².